The van der Waals surface area contributed by atoms with Gasteiger partial charge in [0.05, 0.1) is 12.4 Å². The lowest BCUT2D eigenvalue weighted by atomic mass is 9.76. The maximum absolute atomic E-state index is 12.2. The maximum Gasteiger partial charge on any atom is 0.410 e. The highest BCUT2D eigenvalue weighted by molar-refractivity contribution is 6.30. The maximum atomic E-state index is 12.2. The molecule has 2 unspecified atom stereocenters. The Balaban J connectivity index is 0.000000557. The largest absolute Gasteiger partial charge is 0.447 e. The Morgan fingerprint density at radius 2 is 1.93 bits per heavy atom. The number of likely N-dealkylation sites (tertiary alicyclic amines) is 1. The standard InChI is InChI=1S/C24H33ClN2O2.C9H17N3O2/c1-17(2)23-16-20(25)9-10-22(23)21(8-6-5-7-13-26)19-11-14-27(15-12-19)24(28)29-18(3)4;1-8(4-5-11-7-10-2)12-9(13)6-14-3/h5-7,9-10,13,16,18-19,21H,1,8,11-12,14-15,26H2,2-4H3;4-5,7-8H,6H2,1-3H3,(H,10,11)(H,12,13)/b6-5-,13-7-;5-4+. The van der Waals surface area contributed by atoms with Crippen molar-refractivity contribution < 1.29 is 19.1 Å². The number of carbonyl (C=O) groups excluding carboxylic acids is 2. The van der Waals surface area contributed by atoms with Crippen LogP contribution < -0.4 is 16.4 Å². The van der Waals surface area contributed by atoms with Crippen LogP contribution in [0.2, 0.25) is 5.02 Å². The lowest BCUT2D eigenvalue weighted by Crippen LogP contribution is -2.40. The molecule has 1 heterocycles. The van der Waals surface area contributed by atoms with E-state index in [1.165, 1.54) is 18.9 Å². The number of nitrogens with one attached hydrogen (secondary N) is 2. The molecule has 0 bridgehead atoms. The molecule has 10 heteroatoms. The van der Waals surface area contributed by atoms with Crippen molar-refractivity contribution >= 4 is 35.5 Å². The highest BCUT2D eigenvalue weighted by Gasteiger charge is 2.31. The van der Waals surface area contributed by atoms with Crippen LogP contribution in [0.25, 0.3) is 5.57 Å². The smallest absolute Gasteiger partial charge is 0.410 e. The summed E-state index contributed by atoms with van der Waals surface area (Å²) in [6.45, 7) is 13.3. The molecular formula is C33H50ClN5O4. The van der Waals surface area contributed by atoms with E-state index in [-0.39, 0.29) is 30.8 Å². The van der Waals surface area contributed by atoms with Crippen molar-refractivity contribution in [3.8, 4) is 0 Å². The molecule has 4 N–H and O–H groups in total. The molecular weight excluding hydrogens is 566 g/mol. The van der Waals surface area contributed by atoms with Gasteiger partial charge in [0.2, 0.25) is 5.91 Å². The number of ether oxygens (including phenoxy) is 2. The molecule has 1 fully saturated rings. The molecule has 2 rings (SSSR count). The van der Waals surface area contributed by atoms with E-state index in [1.807, 2.05) is 63.0 Å². The van der Waals surface area contributed by atoms with Crippen molar-refractivity contribution in [2.75, 3.05) is 33.9 Å². The molecule has 0 saturated carbocycles. The fraction of sp³-hybridized carbons (Fsp3) is 0.485. The van der Waals surface area contributed by atoms with E-state index >= 15 is 0 Å². The molecule has 1 aromatic rings. The Bertz CT molecular complexity index is 1120. The second kappa shape index (κ2) is 21.2. The van der Waals surface area contributed by atoms with Crippen LogP contribution in [0.5, 0.6) is 0 Å². The number of nitrogens with two attached hydrogens (primary N) is 1. The van der Waals surface area contributed by atoms with E-state index in [0.717, 1.165) is 48.5 Å². The monoisotopic (exact) mass is 615 g/mol. The summed E-state index contributed by atoms with van der Waals surface area (Å²) in [5.41, 5.74) is 8.85. The molecule has 0 spiro atoms. The van der Waals surface area contributed by atoms with Crippen molar-refractivity contribution in [1.29, 1.82) is 0 Å². The minimum atomic E-state index is -0.211. The third-order valence-corrected chi connectivity index (χ3v) is 6.91. The summed E-state index contributed by atoms with van der Waals surface area (Å²) in [7, 11) is 3.16. The normalized spacial score (nSPS) is 15.6. The number of hydrogen-bond acceptors (Lipinski definition) is 6. The molecule has 0 aromatic heterocycles. The summed E-state index contributed by atoms with van der Waals surface area (Å²) in [5.74, 6) is 0.655. The number of benzene rings is 1. The number of carbonyl (C=O) groups is 2. The zero-order chi connectivity index (χ0) is 32.2. The first-order chi connectivity index (χ1) is 20.5. The van der Waals surface area contributed by atoms with Gasteiger partial charge in [-0.1, -0.05) is 42.0 Å². The first-order valence-corrected chi connectivity index (χ1v) is 15.0. The Morgan fingerprint density at radius 3 is 2.51 bits per heavy atom. The summed E-state index contributed by atoms with van der Waals surface area (Å²) in [5, 5.41) is 6.26. The van der Waals surface area contributed by atoms with Gasteiger partial charge < -0.3 is 30.7 Å². The van der Waals surface area contributed by atoms with Gasteiger partial charge in [-0.15, -0.1) is 0 Å². The lowest BCUT2D eigenvalue weighted by molar-refractivity contribution is -0.125. The van der Waals surface area contributed by atoms with Gasteiger partial charge >= 0.3 is 6.09 Å². The van der Waals surface area contributed by atoms with E-state index in [4.69, 9.17) is 22.1 Å². The molecule has 2 atom stereocenters. The fourth-order valence-corrected chi connectivity index (χ4v) is 4.89. The Morgan fingerprint density at radius 1 is 1.23 bits per heavy atom. The molecule has 1 aliphatic heterocycles. The number of piperidine rings is 1. The Hall–Kier alpha value is -3.56. The van der Waals surface area contributed by atoms with Gasteiger partial charge in [0.1, 0.15) is 6.61 Å². The minimum absolute atomic E-state index is 0.0320. The van der Waals surface area contributed by atoms with Crippen LogP contribution in [0, 0.1) is 5.92 Å². The zero-order valence-electron chi connectivity index (χ0n) is 26.5. The third kappa shape index (κ3) is 14.9. The van der Waals surface area contributed by atoms with E-state index in [1.54, 1.807) is 19.6 Å². The first-order valence-electron chi connectivity index (χ1n) is 14.6. The molecule has 1 aliphatic rings. The highest BCUT2D eigenvalue weighted by Crippen LogP contribution is 2.39. The molecule has 1 aromatic carbocycles. The van der Waals surface area contributed by atoms with Gasteiger partial charge in [-0.05, 0) is 107 Å². The summed E-state index contributed by atoms with van der Waals surface area (Å²) in [6, 6.07) is 6.05. The Kier molecular flexibility index (Phi) is 18.5. The number of nitrogens with zero attached hydrogens (tertiary/aromatic N) is 2. The van der Waals surface area contributed by atoms with Gasteiger partial charge in [-0.25, -0.2) is 4.79 Å². The van der Waals surface area contributed by atoms with Crippen LogP contribution in [-0.4, -0.2) is 69.2 Å². The fourth-order valence-electron chi connectivity index (χ4n) is 4.72. The summed E-state index contributed by atoms with van der Waals surface area (Å²) >= 11 is 6.26. The second-order valence-corrected chi connectivity index (χ2v) is 11.1. The van der Waals surface area contributed by atoms with Gasteiger partial charge in [-0.3, -0.25) is 9.79 Å². The quantitative estimate of drug-likeness (QED) is 0.142. The second-order valence-electron chi connectivity index (χ2n) is 10.6. The molecule has 0 aliphatic carbocycles. The number of amides is 2. The minimum Gasteiger partial charge on any atom is -0.447 e. The third-order valence-electron chi connectivity index (χ3n) is 6.68. The molecule has 0 radical (unpaired) electrons. The predicted octanol–water partition coefficient (Wildman–Crippen LogP) is 6.03. The topological polar surface area (TPSA) is 118 Å². The van der Waals surface area contributed by atoms with Crippen molar-refractivity contribution in [2.45, 2.75) is 65.0 Å². The first kappa shape index (κ1) is 37.5. The van der Waals surface area contributed by atoms with Crippen molar-refractivity contribution in [3.63, 3.8) is 0 Å². The van der Waals surface area contributed by atoms with E-state index in [2.05, 4.69) is 39.1 Å². The summed E-state index contributed by atoms with van der Waals surface area (Å²) in [6.07, 6.45) is 15.1. The average molecular weight is 616 g/mol. The molecule has 43 heavy (non-hydrogen) atoms. The van der Waals surface area contributed by atoms with Crippen LogP contribution in [0.4, 0.5) is 4.79 Å². The number of rotatable bonds is 13. The van der Waals surface area contributed by atoms with Crippen molar-refractivity contribution in [2.24, 2.45) is 16.6 Å². The van der Waals surface area contributed by atoms with E-state index in [9.17, 15) is 9.59 Å². The number of allylic oxidation sites excluding steroid dienone is 4. The van der Waals surface area contributed by atoms with Crippen LogP contribution in [0.15, 0.2) is 66.5 Å². The lowest BCUT2D eigenvalue weighted by Gasteiger charge is -2.36. The molecule has 1 saturated heterocycles. The van der Waals surface area contributed by atoms with Crippen LogP contribution in [0.3, 0.4) is 0 Å². The van der Waals surface area contributed by atoms with Crippen molar-refractivity contribution in [3.05, 3.63) is 77.6 Å². The van der Waals surface area contributed by atoms with Gasteiger partial charge in [0, 0.05) is 38.3 Å². The van der Waals surface area contributed by atoms with Gasteiger partial charge in [0.25, 0.3) is 0 Å². The molecule has 2 amide bonds. The predicted molar refractivity (Wildman–Crippen MR) is 178 cm³/mol. The number of methoxy groups -OCH3 is 1. The summed E-state index contributed by atoms with van der Waals surface area (Å²) < 4.78 is 10.0. The Labute approximate surface area is 262 Å². The van der Waals surface area contributed by atoms with Gasteiger partial charge in [0.15, 0.2) is 0 Å². The highest BCUT2D eigenvalue weighted by atomic mass is 35.5. The van der Waals surface area contributed by atoms with Gasteiger partial charge in [-0.2, -0.15) is 0 Å². The molecule has 9 nitrogen and oxygen atoms in total. The summed E-state index contributed by atoms with van der Waals surface area (Å²) in [4.78, 5) is 28.8. The van der Waals surface area contributed by atoms with Crippen LogP contribution in [0.1, 0.15) is 64.0 Å². The van der Waals surface area contributed by atoms with E-state index in [0.29, 0.717) is 11.8 Å². The number of hydrogen-bond donors (Lipinski definition) is 3. The van der Waals surface area contributed by atoms with Crippen molar-refractivity contribution in [1.82, 2.24) is 15.5 Å². The van der Waals surface area contributed by atoms with Crippen LogP contribution in [-0.2, 0) is 14.3 Å². The van der Waals surface area contributed by atoms with E-state index < -0.39 is 0 Å². The molecule has 238 valence electrons. The van der Waals surface area contributed by atoms with Crippen LogP contribution >= 0.6 is 11.6 Å². The average Bonchev–Trinajstić information content (AvgIpc) is 2.96. The zero-order valence-corrected chi connectivity index (χ0v) is 27.3. The number of halogens is 1. The number of aliphatic imine (C=N–C) groups is 1. The SMILES string of the molecule is C=C(C)c1cc(Cl)ccc1C(C/C=C\C=C/N)C1CCN(C(=O)OC(C)C)CC1.CN=CN/C=C/C(C)NC(=O)COC.